The molecule has 5 heteroatoms. The van der Waals surface area contributed by atoms with Crippen LogP contribution in [0.1, 0.15) is 303 Å². The normalized spacial score (nSPS) is 12.4. The third-order valence-electron chi connectivity index (χ3n) is 12.6. The van der Waals surface area contributed by atoms with Gasteiger partial charge in [-0.15, -0.1) is 0 Å². The number of hydrogen-bond donors (Lipinski definition) is 0. The molecule has 0 aromatic carbocycles. The molecule has 0 N–H and O–H groups in total. The van der Waals surface area contributed by atoms with E-state index < -0.39 is 6.10 Å². The lowest BCUT2D eigenvalue weighted by molar-refractivity contribution is -0.163. The number of unbranched alkanes of at least 4 members (excludes halogenated alkanes) is 36. The zero-order valence-corrected chi connectivity index (χ0v) is 43.3. The summed E-state index contributed by atoms with van der Waals surface area (Å²) in [5.74, 6) is -0.391. The van der Waals surface area contributed by atoms with Crippen molar-refractivity contribution in [2.45, 2.75) is 309 Å². The number of esters is 2. The molecule has 376 valence electrons. The Kier molecular flexibility index (Phi) is 53.8. The maximum atomic E-state index is 12.8. The minimum Gasteiger partial charge on any atom is -0.462 e. The summed E-state index contributed by atoms with van der Waals surface area (Å²) >= 11 is 0. The van der Waals surface area contributed by atoms with Crippen molar-refractivity contribution in [3.63, 3.8) is 0 Å². The van der Waals surface area contributed by atoms with E-state index in [0.29, 0.717) is 19.4 Å². The lowest BCUT2D eigenvalue weighted by atomic mass is 10.0. The van der Waals surface area contributed by atoms with Gasteiger partial charge in [0.1, 0.15) is 6.61 Å². The summed E-state index contributed by atoms with van der Waals surface area (Å²) < 4.78 is 17.5. The first kappa shape index (κ1) is 62.1. The van der Waals surface area contributed by atoms with E-state index in [1.165, 1.54) is 212 Å². The molecule has 0 aliphatic rings. The van der Waals surface area contributed by atoms with Gasteiger partial charge in [-0.3, -0.25) is 9.59 Å². The molecule has 0 aromatic rings. The maximum absolute atomic E-state index is 12.8. The number of carbonyl (C=O) groups is 2. The highest BCUT2D eigenvalue weighted by Crippen LogP contribution is 2.16. The van der Waals surface area contributed by atoms with Crippen LogP contribution in [0.15, 0.2) is 36.5 Å². The minimum atomic E-state index is -0.536. The summed E-state index contributed by atoms with van der Waals surface area (Å²) in [4.78, 5) is 25.5. The third-order valence-corrected chi connectivity index (χ3v) is 12.6. The van der Waals surface area contributed by atoms with E-state index in [1.807, 2.05) is 0 Å². The number of hydrogen-bond acceptors (Lipinski definition) is 5. The maximum Gasteiger partial charge on any atom is 0.306 e. The first-order valence-electron chi connectivity index (χ1n) is 28.5. The van der Waals surface area contributed by atoms with E-state index in [9.17, 15) is 9.59 Å². The predicted octanol–water partition coefficient (Wildman–Crippen LogP) is 19.4. The average molecular weight is 900 g/mol. The van der Waals surface area contributed by atoms with Gasteiger partial charge in [-0.25, -0.2) is 0 Å². The van der Waals surface area contributed by atoms with Crippen LogP contribution in [0.5, 0.6) is 0 Å². The lowest BCUT2D eigenvalue weighted by Gasteiger charge is -2.18. The van der Waals surface area contributed by atoms with E-state index in [2.05, 4.69) is 57.2 Å². The van der Waals surface area contributed by atoms with Crippen molar-refractivity contribution in [2.24, 2.45) is 0 Å². The van der Waals surface area contributed by atoms with Gasteiger partial charge in [-0.05, 0) is 77.0 Å². The fourth-order valence-corrected chi connectivity index (χ4v) is 8.36. The van der Waals surface area contributed by atoms with Crippen LogP contribution < -0.4 is 0 Å². The fraction of sp³-hybridized carbons (Fsp3) is 0.864. The number of ether oxygens (including phenoxy) is 3. The van der Waals surface area contributed by atoms with Gasteiger partial charge in [-0.1, -0.05) is 250 Å². The highest BCUT2D eigenvalue weighted by atomic mass is 16.6. The quantitative estimate of drug-likeness (QED) is 0.0346. The summed E-state index contributed by atoms with van der Waals surface area (Å²) in [6.45, 7) is 7.84. The Labute approximate surface area is 400 Å². The third kappa shape index (κ3) is 52.7. The molecule has 0 heterocycles. The van der Waals surface area contributed by atoms with Crippen LogP contribution >= 0.6 is 0 Å². The van der Waals surface area contributed by atoms with Crippen molar-refractivity contribution < 1.29 is 23.8 Å². The summed E-state index contributed by atoms with van der Waals surface area (Å²) in [6, 6.07) is 0. The molecular weight excluding hydrogens is 789 g/mol. The molecular formula is C59H110O5. The molecule has 0 bridgehead atoms. The molecule has 0 rings (SSSR count). The minimum absolute atomic E-state index is 0.0851. The van der Waals surface area contributed by atoms with Crippen molar-refractivity contribution in [2.75, 3.05) is 19.8 Å². The molecule has 0 fully saturated rings. The zero-order valence-electron chi connectivity index (χ0n) is 43.3. The van der Waals surface area contributed by atoms with E-state index in [1.54, 1.807) is 0 Å². The predicted molar refractivity (Wildman–Crippen MR) is 279 cm³/mol. The first-order valence-corrected chi connectivity index (χ1v) is 28.5. The first-order chi connectivity index (χ1) is 31.6. The molecule has 0 amide bonds. The molecule has 0 aliphatic carbocycles. The summed E-state index contributed by atoms with van der Waals surface area (Å²) in [5.41, 5.74) is 0. The van der Waals surface area contributed by atoms with Gasteiger partial charge in [0.25, 0.3) is 0 Å². The van der Waals surface area contributed by atoms with Crippen LogP contribution in [0.4, 0.5) is 0 Å². The standard InChI is InChI=1S/C59H110O5/c1-4-7-10-13-16-19-22-25-27-28-29-30-31-33-36-39-42-45-48-51-54-62-55-57(64-59(61)53-50-47-44-41-38-34-24-21-18-15-12-9-6-3)56-63-58(60)52-49-46-43-40-37-35-32-26-23-20-17-14-11-8-5-2/h16,19,25-27,32,57H,4-15,17-18,20-24,28-31,33-56H2,1-3H3/b19-16-,27-25-,32-26-. The topological polar surface area (TPSA) is 61.8 Å². The summed E-state index contributed by atoms with van der Waals surface area (Å²) in [7, 11) is 0. The van der Waals surface area contributed by atoms with Crippen LogP contribution in [0.25, 0.3) is 0 Å². The van der Waals surface area contributed by atoms with Gasteiger partial charge in [0, 0.05) is 19.4 Å². The van der Waals surface area contributed by atoms with Crippen LogP contribution in [0.2, 0.25) is 0 Å². The van der Waals surface area contributed by atoms with Gasteiger partial charge in [-0.2, -0.15) is 0 Å². The number of carbonyl (C=O) groups excluding carboxylic acids is 2. The molecule has 64 heavy (non-hydrogen) atoms. The highest BCUT2D eigenvalue weighted by molar-refractivity contribution is 5.70. The second-order valence-electron chi connectivity index (χ2n) is 19.2. The van der Waals surface area contributed by atoms with E-state index in [0.717, 1.165) is 57.8 Å². The zero-order chi connectivity index (χ0) is 46.3. The van der Waals surface area contributed by atoms with Crippen LogP contribution in [-0.4, -0.2) is 37.9 Å². The SMILES string of the molecule is CCCCC/C=C\C/C=C\CCCCCCCCCCCCOCC(COC(=O)CCCCCCC/C=C\CCCCCCCC)OC(=O)CCCCCCCCCCCCCCC. The van der Waals surface area contributed by atoms with E-state index in [4.69, 9.17) is 14.2 Å². The second kappa shape index (κ2) is 55.4. The number of allylic oxidation sites excluding steroid dienone is 6. The Morgan fingerprint density at radius 3 is 1.08 bits per heavy atom. The monoisotopic (exact) mass is 899 g/mol. The van der Waals surface area contributed by atoms with Crippen molar-refractivity contribution >= 4 is 11.9 Å². The Balaban J connectivity index is 4.22. The van der Waals surface area contributed by atoms with Crippen molar-refractivity contribution in [3.05, 3.63) is 36.5 Å². The van der Waals surface area contributed by atoms with E-state index >= 15 is 0 Å². The van der Waals surface area contributed by atoms with Crippen molar-refractivity contribution in [1.29, 1.82) is 0 Å². The Bertz CT molecular complexity index is 1020. The Morgan fingerprint density at radius 2 is 0.656 bits per heavy atom. The van der Waals surface area contributed by atoms with Crippen molar-refractivity contribution in [3.8, 4) is 0 Å². The molecule has 0 saturated carbocycles. The highest BCUT2D eigenvalue weighted by Gasteiger charge is 2.17. The van der Waals surface area contributed by atoms with Gasteiger partial charge in [0.15, 0.2) is 6.10 Å². The van der Waals surface area contributed by atoms with E-state index in [-0.39, 0.29) is 25.2 Å². The molecule has 0 aliphatic heterocycles. The van der Waals surface area contributed by atoms with Crippen LogP contribution in [-0.2, 0) is 23.8 Å². The molecule has 0 saturated heterocycles. The fourth-order valence-electron chi connectivity index (χ4n) is 8.36. The molecule has 0 spiro atoms. The lowest BCUT2D eigenvalue weighted by Crippen LogP contribution is -2.30. The van der Waals surface area contributed by atoms with Gasteiger partial charge in [0.05, 0.1) is 6.61 Å². The van der Waals surface area contributed by atoms with Crippen molar-refractivity contribution in [1.82, 2.24) is 0 Å². The molecule has 1 unspecified atom stereocenters. The van der Waals surface area contributed by atoms with Crippen LogP contribution in [0, 0.1) is 0 Å². The Morgan fingerprint density at radius 1 is 0.344 bits per heavy atom. The second-order valence-corrected chi connectivity index (χ2v) is 19.2. The molecule has 5 nitrogen and oxygen atoms in total. The molecule has 0 aromatic heterocycles. The summed E-state index contributed by atoms with van der Waals surface area (Å²) in [5, 5.41) is 0. The molecule has 0 radical (unpaired) electrons. The Hall–Kier alpha value is -1.88. The number of rotatable bonds is 53. The van der Waals surface area contributed by atoms with Crippen LogP contribution in [0.3, 0.4) is 0 Å². The van der Waals surface area contributed by atoms with Gasteiger partial charge < -0.3 is 14.2 Å². The van der Waals surface area contributed by atoms with Gasteiger partial charge >= 0.3 is 11.9 Å². The average Bonchev–Trinajstić information content (AvgIpc) is 3.30. The van der Waals surface area contributed by atoms with Gasteiger partial charge in [0.2, 0.25) is 0 Å². The molecule has 1 atom stereocenters. The largest absolute Gasteiger partial charge is 0.462 e. The summed E-state index contributed by atoms with van der Waals surface area (Å²) in [6.07, 6.45) is 67.3. The smallest absolute Gasteiger partial charge is 0.306 e.